The number of methoxy groups -OCH3 is 1. The van der Waals surface area contributed by atoms with E-state index in [1.165, 1.54) is 7.11 Å². The van der Waals surface area contributed by atoms with Crippen LogP contribution in [0.5, 0.6) is 0 Å². The summed E-state index contributed by atoms with van der Waals surface area (Å²) in [5.41, 5.74) is 0. The van der Waals surface area contributed by atoms with E-state index in [2.05, 4.69) is 20.1 Å². The standard InChI is InChI=1S/C10H18N4O2/c1-7(10(15)16-4)8(2)11-5-9-12-6-14(3)13-9/h6-8,11H,5H2,1-4H3. The Morgan fingerprint density at radius 3 is 2.81 bits per heavy atom. The Morgan fingerprint density at radius 1 is 1.62 bits per heavy atom. The van der Waals surface area contributed by atoms with Crippen molar-refractivity contribution >= 4 is 5.97 Å². The molecule has 0 spiro atoms. The highest BCUT2D eigenvalue weighted by atomic mass is 16.5. The average molecular weight is 226 g/mol. The largest absolute Gasteiger partial charge is 0.469 e. The van der Waals surface area contributed by atoms with Crippen molar-refractivity contribution in [1.82, 2.24) is 20.1 Å². The smallest absolute Gasteiger partial charge is 0.309 e. The van der Waals surface area contributed by atoms with E-state index in [4.69, 9.17) is 0 Å². The van der Waals surface area contributed by atoms with Crippen LogP contribution >= 0.6 is 0 Å². The van der Waals surface area contributed by atoms with Crippen molar-refractivity contribution in [3.8, 4) is 0 Å². The molecule has 1 aromatic rings. The number of hydrogen-bond acceptors (Lipinski definition) is 5. The number of aryl methyl sites for hydroxylation is 1. The summed E-state index contributed by atoms with van der Waals surface area (Å²) in [7, 11) is 3.21. The lowest BCUT2D eigenvalue weighted by Gasteiger charge is -2.18. The zero-order chi connectivity index (χ0) is 12.1. The Hall–Kier alpha value is -1.43. The maximum atomic E-state index is 11.3. The van der Waals surface area contributed by atoms with Gasteiger partial charge in [-0.25, -0.2) is 4.98 Å². The number of esters is 1. The first-order valence-corrected chi connectivity index (χ1v) is 5.20. The molecule has 0 fully saturated rings. The first kappa shape index (κ1) is 12.6. The fourth-order valence-electron chi connectivity index (χ4n) is 1.28. The lowest BCUT2D eigenvalue weighted by atomic mass is 10.0. The normalized spacial score (nSPS) is 14.5. The van der Waals surface area contributed by atoms with Crippen molar-refractivity contribution in [3.05, 3.63) is 12.2 Å². The van der Waals surface area contributed by atoms with Gasteiger partial charge in [0.25, 0.3) is 0 Å². The predicted molar refractivity (Wildman–Crippen MR) is 58.5 cm³/mol. The van der Waals surface area contributed by atoms with E-state index in [-0.39, 0.29) is 17.9 Å². The minimum absolute atomic E-state index is 0.0243. The maximum Gasteiger partial charge on any atom is 0.309 e. The molecule has 6 nitrogen and oxygen atoms in total. The van der Waals surface area contributed by atoms with Gasteiger partial charge in [-0.1, -0.05) is 6.92 Å². The molecule has 0 aliphatic rings. The number of ether oxygens (including phenoxy) is 1. The Balaban J connectivity index is 2.40. The summed E-state index contributed by atoms with van der Waals surface area (Å²) in [5.74, 6) is 0.314. The molecule has 90 valence electrons. The third-order valence-electron chi connectivity index (χ3n) is 2.55. The molecule has 1 aromatic heterocycles. The second-order valence-corrected chi connectivity index (χ2v) is 3.82. The molecule has 0 aliphatic carbocycles. The van der Waals surface area contributed by atoms with Crippen molar-refractivity contribution < 1.29 is 9.53 Å². The minimum Gasteiger partial charge on any atom is -0.469 e. The van der Waals surface area contributed by atoms with Gasteiger partial charge in [0.05, 0.1) is 19.6 Å². The van der Waals surface area contributed by atoms with Crippen LogP contribution in [0.1, 0.15) is 19.7 Å². The Kier molecular flexibility index (Phi) is 4.42. The fourth-order valence-corrected chi connectivity index (χ4v) is 1.28. The second kappa shape index (κ2) is 5.60. The van der Waals surface area contributed by atoms with Gasteiger partial charge >= 0.3 is 5.97 Å². The number of nitrogens with zero attached hydrogens (tertiary/aromatic N) is 3. The van der Waals surface area contributed by atoms with Crippen LogP contribution in [0.2, 0.25) is 0 Å². The molecule has 0 amide bonds. The zero-order valence-corrected chi connectivity index (χ0v) is 10.1. The average Bonchev–Trinajstić information content (AvgIpc) is 2.69. The van der Waals surface area contributed by atoms with E-state index >= 15 is 0 Å². The highest BCUT2D eigenvalue weighted by molar-refractivity contribution is 5.72. The molecule has 1 rings (SSSR count). The number of hydrogen-bond donors (Lipinski definition) is 1. The second-order valence-electron chi connectivity index (χ2n) is 3.82. The molecule has 0 aromatic carbocycles. The summed E-state index contributed by atoms with van der Waals surface area (Å²) < 4.78 is 6.32. The van der Waals surface area contributed by atoms with Crippen LogP contribution in [-0.2, 0) is 23.1 Å². The summed E-state index contributed by atoms with van der Waals surface area (Å²) in [6, 6.07) is 0.0243. The molecule has 0 saturated carbocycles. The van der Waals surface area contributed by atoms with E-state index in [1.54, 1.807) is 11.0 Å². The fraction of sp³-hybridized carbons (Fsp3) is 0.700. The van der Waals surface area contributed by atoms with E-state index < -0.39 is 0 Å². The minimum atomic E-state index is -0.214. The topological polar surface area (TPSA) is 69.0 Å². The third-order valence-corrected chi connectivity index (χ3v) is 2.55. The monoisotopic (exact) mass is 226 g/mol. The lowest BCUT2D eigenvalue weighted by molar-refractivity contribution is -0.145. The number of carbonyl (C=O) groups excluding carboxylic acids is 1. The quantitative estimate of drug-likeness (QED) is 0.721. The first-order valence-electron chi connectivity index (χ1n) is 5.20. The van der Waals surface area contributed by atoms with Gasteiger partial charge in [-0.05, 0) is 6.92 Å². The first-order chi connectivity index (χ1) is 7.54. The van der Waals surface area contributed by atoms with Crippen LogP contribution in [0, 0.1) is 5.92 Å². The van der Waals surface area contributed by atoms with Gasteiger partial charge < -0.3 is 10.1 Å². The Bertz CT molecular complexity index is 350. The molecule has 1 heterocycles. The van der Waals surface area contributed by atoms with Gasteiger partial charge in [0.2, 0.25) is 0 Å². The summed E-state index contributed by atoms with van der Waals surface area (Å²) >= 11 is 0. The Labute approximate surface area is 95.0 Å². The van der Waals surface area contributed by atoms with Gasteiger partial charge in [0.15, 0.2) is 5.82 Å². The van der Waals surface area contributed by atoms with E-state index in [0.717, 1.165) is 0 Å². The van der Waals surface area contributed by atoms with Crippen molar-refractivity contribution in [2.45, 2.75) is 26.4 Å². The van der Waals surface area contributed by atoms with Crippen LogP contribution < -0.4 is 5.32 Å². The SMILES string of the molecule is COC(=O)C(C)C(C)NCc1ncn(C)n1. The maximum absolute atomic E-state index is 11.3. The summed E-state index contributed by atoms with van der Waals surface area (Å²) in [4.78, 5) is 15.4. The molecule has 0 saturated heterocycles. The molecular weight excluding hydrogens is 208 g/mol. The number of carbonyl (C=O) groups is 1. The van der Waals surface area contributed by atoms with Crippen LogP contribution in [0.25, 0.3) is 0 Å². The number of nitrogens with one attached hydrogen (secondary N) is 1. The molecule has 16 heavy (non-hydrogen) atoms. The molecule has 2 unspecified atom stereocenters. The van der Waals surface area contributed by atoms with E-state index in [0.29, 0.717) is 12.4 Å². The van der Waals surface area contributed by atoms with Gasteiger partial charge in [0.1, 0.15) is 6.33 Å². The van der Waals surface area contributed by atoms with Crippen molar-refractivity contribution in [2.24, 2.45) is 13.0 Å². The zero-order valence-electron chi connectivity index (χ0n) is 10.1. The molecule has 0 radical (unpaired) electrons. The van der Waals surface area contributed by atoms with Gasteiger partial charge in [-0.15, -0.1) is 0 Å². The molecule has 0 bridgehead atoms. The molecule has 0 aliphatic heterocycles. The highest BCUT2D eigenvalue weighted by Gasteiger charge is 2.20. The molecular formula is C10H18N4O2. The number of rotatable bonds is 5. The third kappa shape index (κ3) is 3.30. The van der Waals surface area contributed by atoms with E-state index in [9.17, 15) is 4.79 Å². The summed E-state index contributed by atoms with van der Waals surface area (Å²) in [6.45, 7) is 4.31. The van der Waals surface area contributed by atoms with Gasteiger partial charge in [-0.3, -0.25) is 9.48 Å². The van der Waals surface area contributed by atoms with Crippen LogP contribution in [-0.4, -0.2) is 33.9 Å². The van der Waals surface area contributed by atoms with Crippen LogP contribution in [0.4, 0.5) is 0 Å². The van der Waals surface area contributed by atoms with Gasteiger partial charge in [0, 0.05) is 13.1 Å². The van der Waals surface area contributed by atoms with Crippen molar-refractivity contribution in [3.63, 3.8) is 0 Å². The van der Waals surface area contributed by atoms with E-state index in [1.807, 2.05) is 20.9 Å². The van der Waals surface area contributed by atoms with Gasteiger partial charge in [-0.2, -0.15) is 5.10 Å². The molecule has 1 N–H and O–H groups in total. The molecule has 6 heteroatoms. The van der Waals surface area contributed by atoms with Crippen molar-refractivity contribution in [2.75, 3.05) is 7.11 Å². The van der Waals surface area contributed by atoms with Crippen LogP contribution in [0.15, 0.2) is 6.33 Å². The molecule has 2 atom stereocenters. The summed E-state index contributed by atoms with van der Waals surface area (Å²) in [5, 5.41) is 7.32. The predicted octanol–water partition coefficient (Wildman–Crippen LogP) is 0.102. The number of aromatic nitrogens is 3. The van der Waals surface area contributed by atoms with Crippen molar-refractivity contribution in [1.29, 1.82) is 0 Å². The highest BCUT2D eigenvalue weighted by Crippen LogP contribution is 2.05. The van der Waals surface area contributed by atoms with Crippen LogP contribution in [0.3, 0.4) is 0 Å². The Morgan fingerprint density at radius 2 is 2.31 bits per heavy atom. The lowest BCUT2D eigenvalue weighted by Crippen LogP contribution is -2.36. The summed E-state index contributed by atoms with van der Waals surface area (Å²) in [6.07, 6.45) is 1.64.